The highest BCUT2D eigenvalue weighted by Gasteiger charge is 2.44. The summed E-state index contributed by atoms with van der Waals surface area (Å²) in [6.45, 7) is 10.0. The average molecular weight is 296 g/mol. The van der Waals surface area contributed by atoms with Crippen LogP contribution in [0.1, 0.15) is 52.4 Å². The molecule has 1 saturated carbocycles. The lowest BCUT2D eigenvalue weighted by Gasteiger charge is -2.34. The quantitative estimate of drug-likeness (QED) is 0.844. The molecule has 0 aromatic heterocycles. The minimum atomic E-state index is -0.206. The highest BCUT2D eigenvalue weighted by Crippen LogP contribution is 2.39. The predicted molar refractivity (Wildman–Crippen MR) is 84.3 cm³/mol. The van der Waals surface area contributed by atoms with Gasteiger partial charge in [-0.05, 0) is 58.5 Å². The van der Waals surface area contributed by atoms with E-state index in [1.165, 1.54) is 45.3 Å². The maximum absolute atomic E-state index is 6.30. The largest absolute Gasteiger partial charge is 0.347 e. The Hall–Kier alpha value is -0.160. The summed E-state index contributed by atoms with van der Waals surface area (Å²) in [6, 6.07) is 0.587. The topological polar surface area (TPSA) is 33.7 Å². The van der Waals surface area contributed by atoms with Crippen LogP contribution in [0.2, 0.25) is 0 Å². The lowest BCUT2D eigenvalue weighted by Crippen LogP contribution is -2.44. The van der Waals surface area contributed by atoms with Crippen LogP contribution in [-0.4, -0.2) is 55.6 Å². The van der Waals surface area contributed by atoms with Gasteiger partial charge >= 0.3 is 0 Å². The monoisotopic (exact) mass is 296 g/mol. The third-order valence-electron chi connectivity index (χ3n) is 5.40. The normalized spacial score (nSPS) is 30.0. The predicted octanol–water partition coefficient (Wildman–Crippen LogP) is 2.38. The highest BCUT2D eigenvalue weighted by atomic mass is 16.7. The number of nitrogens with zero attached hydrogens (tertiary/aromatic N) is 1. The maximum atomic E-state index is 6.30. The summed E-state index contributed by atoms with van der Waals surface area (Å²) < 4.78 is 12.3. The van der Waals surface area contributed by atoms with Gasteiger partial charge in [0.25, 0.3) is 0 Å². The molecule has 3 rings (SSSR count). The molecule has 0 aromatic carbocycles. The molecule has 21 heavy (non-hydrogen) atoms. The van der Waals surface area contributed by atoms with Crippen molar-refractivity contribution < 1.29 is 9.47 Å². The van der Waals surface area contributed by atoms with E-state index in [1.54, 1.807) is 0 Å². The van der Waals surface area contributed by atoms with Crippen molar-refractivity contribution in [1.29, 1.82) is 0 Å². The van der Waals surface area contributed by atoms with Crippen LogP contribution in [-0.2, 0) is 9.47 Å². The SMILES string of the molecule is CC(C)N(CC1CCNCC1)CC1COC2(CCCC2)O1. The minimum Gasteiger partial charge on any atom is -0.347 e. The van der Waals surface area contributed by atoms with Gasteiger partial charge < -0.3 is 14.8 Å². The Kier molecular flexibility index (Phi) is 5.20. The van der Waals surface area contributed by atoms with Crippen LogP contribution in [0.15, 0.2) is 0 Å². The smallest absolute Gasteiger partial charge is 0.168 e. The van der Waals surface area contributed by atoms with Crippen LogP contribution in [0, 0.1) is 5.92 Å². The molecule has 3 fully saturated rings. The van der Waals surface area contributed by atoms with E-state index in [0.29, 0.717) is 6.04 Å². The third-order valence-corrected chi connectivity index (χ3v) is 5.40. The molecular formula is C17H32N2O2. The van der Waals surface area contributed by atoms with Gasteiger partial charge in [-0.25, -0.2) is 0 Å². The zero-order valence-corrected chi connectivity index (χ0v) is 13.8. The van der Waals surface area contributed by atoms with Gasteiger partial charge in [0.15, 0.2) is 5.79 Å². The Bertz CT molecular complexity index is 323. The van der Waals surface area contributed by atoms with Crippen LogP contribution in [0.5, 0.6) is 0 Å². The van der Waals surface area contributed by atoms with E-state index in [9.17, 15) is 0 Å². The molecule has 4 heteroatoms. The van der Waals surface area contributed by atoms with Crippen molar-refractivity contribution in [2.75, 3.05) is 32.8 Å². The Labute approximate surface area is 129 Å². The fourth-order valence-corrected chi connectivity index (χ4v) is 4.04. The van der Waals surface area contributed by atoms with Crippen LogP contribution in [0.4, 0.5) is 0 Å². The molecule has 1 aliphatic carbocycles. The number of hydrogen-bond acceptors (Lipinski definition) is 4. The van der Waals surface area contributed by atoms with Gasteiger partial charge in [0.05, 0.1) is 12.7 Å². The Morgan fingerprint density at radius 3 is 2.52 bits per heavy atom. The zero-order valence-electron chi connectivity index (χ0n) is 13.8. The second-order valence-electron chi connectivity index (χ2n) is 7.41. The number of rotatable bonds is 5. The van der Waals surface area contributed by atoms with Gasteiger partial charge in [0, 0.05) is 32.0 Å². The first-order valence-electron chi connectivity index (χ1n) is 8.93. The van der Waals surface area contributed by atoms with Crippen molar-refractivity contribution in [1.82, 2.24) is 10.2 Å². The average Bonchev–Trinajstić information content (AvgIpc) is 3.10. The molecule has 0 radical (unpaired) electrons. The summed E-state index contributed by atoms with van der Waals surface area (Å²) in [5, 5.41) is 3.46. The number of nitrogens with one attached hydrogen (secondary N) is 1. The molecule has 122 valence electrons. The first-order valence-corrected chi connectivity index (χ1v) is 8.93. The van der Waals surface area contributed by atoms with E-state index in [1.807, 2.05) is 0 Å². The molecular weight excluding hydrogens is 264 g/mol. The number of hydrogen-bond donors (Lipinski definition) is 1. The summed E-state index contributed by atoms with van der Waals surface area (Å²) in [5.74, 6) is 0.638. The van der Waals surface area contributed by atoms with Gasteiger partial charge in [-0.2, -0.15) is 0 Å². The summed E-state index contributed by atoms with van der Waals surface area (Å²) in [6.07, 6.45) is 7.61. The van der Waals surface area contributed by atoms with E-state index >= 15 is 0 Å². The number of piperidine rings is 1. The molecule has 1 unspecified atom stereocenters. The fourth-order valence-electron chi connectivity index (χ4n) is 4.04. The van der Waals surface area contributed by atoms with Crippen molar-refractivity contribution in [3.05, 3.63) is 0 Å². The fraction of sp³-hybridized carbons (Fsp3) is 1.00. The van der Waals surface area contributed by atoms with E-state index in [4.69, 9.17) is 9.47 Å². The van der Waals surface area contributed by atoms with Crippen molar-refractivity contribution in [2.24, 2.45) is 5.92 Å². The first kappa shape index (κ1) is 15.7. The summed E-state index contributed by atoms with van der Waals surface area (Å²) in [5.41, 5.74) is 0. The van der Waals surface area contributed by atoms with Crippen LogP contribution in [0.25, 0.3) is 0 Å². The molecule has 0 aromatic rings. The standard InChI is InChI=1S/C17H32N2O2/c1-14(2)19(11-15-5-9-18-10-6-15)12-16-13-20-17(21-16)7-3-4-8-17/h14-16,18H,3-13H2,1-2H3. The van der Waals surface area contributed by atoms with Crippen LogP contribution >= 0.6 is 0 Å². The third kappa shape index (κ3) is 3.98. The minimum absolute atomic E-state index is 0.206. The molecule has 3 aliphatic rings. The lowest BCUT2D eigenvalue weighted by atomic mass is 9.97. The Balaban J connectivity index is 1.50. The van der Waals surface area contributed by atoms with Gasteiger partial charge in [0.1, 0.15) is 0 Å². The van der Waals surface area contributed by atoms with Crippen molar-refractivity contribution in [3.63, 3.8) is 0 Å². The molecule has 2 aliphatic heterocycles. The van der Waals surface area contributed by atoms with Crippen molar-refractivity contribution in [3.8, 4) is 0 Å². The number of ether oxygens (including phenoxy) is 2. The van der Waals surface area contributed by atoms with Crippen molar-refractivity contribution in [2.45, 2.75) is 70.3 Å². The molecule has 2 saturated heterocycles. The van der Waals surface area contributed by atoms with Crippen LogP contribution < -0.4 is 5.32 Å². The van der Waals surface area contributed by atoms with Crippen molar-refractivity contribution >= 4 is 0 Å². The van der Waals surface area contributed by atoms with Gasteiger partial charge in [0.2, 0.25) is 0 Å². The second kappa shape index (κ2) is 6.95. The van der Waals surface area contributed by atoms with Gasteiger partial charge in [-0.3, -0.25) is 4.90 Å². The van der Waals surface area contributed by atoms with E-state index in [2.05, 4.69) is 24.1 Å². The highest BCUT2D eigenvalue weighted by molar-refractivity contribution is 4.86. The molecule has 1 atom stereocenters. The lowest BCUT2D eigenvalue weighted by molar-refractivity contribution is -0.163. The van der Waals surface area contributed by atoms with E-state index < -0.39 is 0 Å². The first-order chi connectivity index (χ1) is 10.2. The van der Waals surface area contributed by atoms with Gasteiger partial charge in [-0.1, -0.05) is 0 Å². The molecule has 0 bridgehead atoms. The Morgan fingerprint density at radius 2 is 1.86 bits per heavy atom. The Morgan fingerprint density at radius 1 is 1.14 bits per heavy atom. The molecule has 0 amide bonds. The molecule has 1 N–H and O–H groups in total. The summed E-state index contributed by atoms with van der Waals surface area (Å²) in [7, 11) is 0. The second-order valence-corrected chi connectivity index (χ2v) is 7.41. The van der Waals surface area contributed by atoms with E-state index in [0.717, 1.165) is 31.9 Å². The summed E-state index contributed by atoms with van der Waals surface area (Å²) in [4.78, 5) is 2.61. The zero-order chi connectivity index (χ0) is 14.7. The molecule has 4 nitrogen and oxygen atoms in total. The summed E-state index contributed by atoms with van der Waals surface area (Å²) >= 11 is 0. The maximum Gasteiger partial charge on any atom is 0.168 e. The van der Waals surface area contributed by atoms with E-state index in [-0.39, 0.29) is 11.9 Å². The van der Waals surface area contributed by atoms with Gasteiger partial charge in [-0.15, -0.1) is 0 Å². The molecule has 1 spiro atoms. The van der Waals surface area contributed by atoms with Crippen LogP contribution in [0.3, 0.4) is 0 Å². The molecule has 2 heterocycles.